The third-order valence-corrected chi connectivity index (χ3v) is 4.60. The molecule has 4 aromatic heterocycles. The van der Waals surface area contributed by atoms with E-state index in [0.29, 0.717) is 18.0 Å². The highest BCUT2D eigenvalue weighted by atomic mass is 16.1. The number of rotatable bonds is 3. The second kappa shape index (κ2) is 4.77. The molecule has 0 bridgehead atoms. The van der Waals surface area contributed by atoms with Crippen LogP contribution in [0, 0.1) is 0 Å². The lowest BCUT2D eigenvalue weighted by atomic mass is 10.1. The molecule has 0 aromatic carbocycles. The van der Waals surface area contributed by atoms with Crippen LogP contribution in [0.5, 0.6) is 0 Å². The van der Waals surface area contributed by atoms with Crippen molar-refractivity contribution in [1.82, 2.24) is 29.3 Å². The van der Waals surface area contributed by atoms with Gasteiger partial charge < -0.3 is 4.98 Å². The van der Waals surface area contributed by atoms with Gasteiger partial charge in [0.25, 0.3) is 5.56 Å². The van der Waals surface area contributed by atoms with Gasteiger partial charge in [-0.05, 0) is 25.0 Å². The highest BCUT2D eigenvalue weighted by molar-refractivity contribution is 6.02. The lowest BCUT2D eigenvalue weighted by Crippen LogP contribution is -2.23. The van der Waals surface area contributed by atoms with Crippen LogP contribution in [0.2, 0.25) is 0 Å². The molecule has 1 fully saturated rings. The standard InChI is InChI=1S/C17H16N6O/c1-22-8-13-12-4-5-14(10-2-3-10)20-16(12)23(17(24)15(13)21-22)7-11-6-18-9-19-11/h4-6,8-10H,2-3,7H2,1H3,(H,18,19). The van der Waals surface area contributed by atoms with Gasteiger partial charge >= 0.3 is 0 Å². The Hall–Kier alpha value is -2.96. The summed E-state index contributed by atoms with van der Waals surface area (Å²) in [5.41, 5.74) is 3.02. The van der Waals surface area contributed by atoms with Crippen LogP contribution in [-0.4, -0.2) is 29.3 Å². The molecule has 0 atom stereocenters. The highest BCUT2D eigenvalue weighted by Gasteiger charge is 2.26. The number of fused-ring (bicyclic) bond motifs is 3. The van der Waals surface area contributed by atoms with Crippen molar-refractivity contribution in [2.75, 3.05) is 0 Å². The maximum Gasteiger partial charge on any atom is 0.280 e. The van der Waals surface area contributed by atoms with Gasteiger partial charge in [-0.25, -0.2) is 9.97 Å². The molecule has 0 aliphatic heterocycles. The van der Waals surface area contributed by atoms with Gasteiger partial charge in [-0.2, -0.15) is 5.10 Å². The smallest absolute Gasteiger partial charge is 0.280 e. The average molecular weight is 320 g/mol. The quantitative estimate of drug-likeness (QED) is 0.625. The number of nitrogens with zero attached hydrogens (tertiary/aromatic N) is 5. The molecule has 1 saturated carbocycles. The van der Waals surface area contributed by atoms with E-state index in [4.69, 9.17) is 4.98 Å². The fraction of sp³-hybridized carbons (Fsp3) is 0.294. The number of pyridine rings is 2. The van der Waals surface area contributed by atoms with Gasteiger partial charge in [0.05, 0.1) is 18.6 Å². The zero-order valence-corrected chi connectivity index (χ0v) is 13.2. The number of aryl methyl sites for hydroxylation is 1. The molecule has 0 saturated heterocycles. The van der Waals surface area contributed by atoms with Crippen LogP contribution < -0.4 is 5.56 Å². The van der Waals surface area contributed by atoms with Crippen LogP contribution in [-0.2, 0) is 13.6 Å². The fourth-order valence-corrected chi connectivity index (χ4v) is 3.24. The highest BCUT2D eigenvalue weighted by Crippen LogP contribution is 2.39. The van der Waals surface area contributed by atoms with Crippen LogP contribution in [0.3, 0.4) is 0 Å². The minimum Gasteiger partial charge on any atom is -0.347 e. The number of H-pyrrole nitrogens is 1. The predicted octanol–water partition coefficient (Wildman–Crippen LogP) is 1.93. The number of aromatic nitrogens is 6. The second-order valence-electron chi connectivity index (χ2n) is 6.41. The summed E-state index contributed by atoms with van der Waals surface area (Å²) in [6.07, 6.45) is 7.59. The van der Waals surface area contributed by atoms with E-state index in [1.807, 2.05) is 13.2 Å². The first-order valence-corrected chi connectivity index (χ1v) is 8.05. The molecule has 0 spiro atoms. The van der Waals surface area contributed by atoms with Crippen LogP contribution in [0.4, 0.5) is 0 Å². The van der Waals surface area contributed by atoms with Crippen molar-refractivity contribution in [1.29, 1.82) is 0 Å². The molecule has 1 aliphatic carbocycles. The van der Waals surface area contributed by atoms with Gasteiger partial charge in [0.15, 0.2) is 5.52 Å². The molecule has 120 valence electrons. The van der Waals surface area contributed by atoms with Crippen molar-refractivity contribution >= 4 is 21.9 Å². The minimum absolute atomic E-state index is 0.117. The van der Waals surface area contributed by atoms with Gasteiger partial charge in [-0.1, -0.05) is 0 Å². The third-order valence-electron chi connectivity index (χ3n) is 4.60. The maximum absolute atomic E-state index is 13.0. The summed E-state index contributed by atoms with van der Waals surface area (Å²) in [5.74, 6) is 0.537. The van der Waals surface area contributed by atoms with Crippen LogP contribution in [0.1, 0.15) is 30.1 Å². The number of hydrogen-bond acceptors (Lipinski definition) is 4. The number of hydrogen-bond donors (Lipinski definition) is 1. The Morgan fingerprint density at radius 1 is 1.29 bits per heavy atom. The Morgan fingerprint density at radius 3 is 2.92 bits per heavy atom. The molecule has 0 unspecified atom stereocenters. The van der Waals surface area contributed by atoms with E-state index >= 15 is 0 Å². The first-order valence-electron chi connectivity index (χ1n) is 8.05. The Kier molecular flexibility index (Phi) is 2.68. The molecule has 24 heavy (non-hydrogen) atoms. The lowest BCUT2D eigenvalue weighted by molar-refractivity contribution is 0.753. The van der Waals surface area contributed by atoms with E-state index in [-0.39, 0.29) is 5.56 Å². The van der Waals surface area contributed by atoms with Gasteiger partial charge in [0.2, 0.25) is 0 Å². The van der Waals surface area contributed by atoms with E-state index in [1.165, 1.54) is 12.8 Å². The maximum atomic E-state index is 13.0. The van der Waals surface area contributed by atoms with Crippen molar-refractivity contribution in [3.05, 3.63) is 52.6 Å². The molecular weight excluding hydrogens is 304 g/mol. The molecule has 7 heteroatoms. The monoisotopic (exact) mass is 320 g/mol. The largest absolute Gasteiger partial charge is 0.347 e. The minimum atomic E-state index is -0.117. The molecule has 7 nitrogen and oxygen atoms in total. The first kappa shape index (κ1) is 13.5. The van der Waals surface area contributed by atoms with Gasteiger partial charge in [-0.15, -0.1) is 0 Å². The summed E-state index contributed by atoms with van der Waals surface area (Å²) in [6.45, 7) is 0.406. The second-order valence-corrected chi connectivity index (χ2v) is 6.41. The lowest BCUT2D eigenvalue weighted by Gasteiger charge is -2.10. The first-order chi connectivity index (χ1) is 11.7. The van der Waals surface area contributed by atoms with Crippen LogP contribution >= 0.6 is 0 Å². The summed E-state index contributed by atoms with van der Waals surface area (Å²) >= 11 is 0. The number of nitrogens with one attached hydrogen (secondary N) is 1. The summed E-state index contributed by atoms with van der Waals surface area (Å²) < 4.78 is 3.38. The van der Waals surface area contributed by atoms with Crippen molar-refractivity contribution < 1.29 is 0 Å². The normalized spacial score (nSPS) is 14.7. The van der Waals surface area contributed by atoms with E-state index < -0.39 is 0 Å². The van der Waals surface area contributed by atoms with E-state index in [9.17, 15) is 4.79 Å². The van der Waals surface area contributed by atoms with Crippen molar-refractivity contribution in [3.63, 3.8) is 0 Å². The van der Waals surface area contributed by atoms with E-state index in [0.717, 1.165) is 27.8 Å². The topological polar surface area (TPSA) is 81.4 Å². The molecule has 0 amide bonds. The Bertz CT molecular complexity index is 1120. The third kappa shape index (κ3) is 1.97. The van der Waals surface area contributed by atoms with Crippen molar-refractivity contribution in [3.8, 4) is 0 Å². The fourth-order valence-electron chi connectivity index (χ4n) is 3.24. The van der Waals surface area contributed by atoms with Crippen molar-refractivity contribution in [2.24, 2.45) is 7.05 Å². The van der Waals surface area contributed by atoms with Crippen LogP contribution in [0.15, 0.2) is 35.6 Å². The molecule has 4 aromatic rings. The predicted molar refractivity (Wildman–Crippen MR) is 89.9 cm³/mol. The van der Waals surface area contributed by atoms with Crippen molar-refractivity contribution in [2.45, 2.75) is 25.3 Å². The Balaban J connectivity index is 1.85. The zero-order chi connectivity index (χ0) is 16.3. The Labute approximate surface area is 137 Å². The summed E-state index contributed by atoms with van der Waals surface area (Å²) in [5, 5.41) is 6.17. The molecular formula is C17H16N6O. The zero-order valence-electron chi connectivity index (χ0n) is 13.2. The molecule has 1 aliphatic rings. The number of imidazole rings is 1. The van der Waals surface area contributed by atoms with Crippen LogP contribution in [0.25, 0.3) is 21.9 Å². The summed E-state index contributed by atoms with van der Waals surface area (Å²) in [4.78, 5) is 24.9. The molecule has 1 N–H and O–H groups in total. The molecule has 5 rings (SSSR count). The molecule has 0 radical (unpaired) electrons. The average Bonchev–Trinajstić information content (AvgIpc) is 3.16. The van der Waals surface area contributed by atoms with Gasteiger partial charge in [-0.3, -0.25) is 14.0 Å². The van der Waals surface area contributed by atoms with E-state index in [2.05, 4.69) is 27.2 Å². The Morgan fingerprint density at radius 2 is 2.17 bits per heavy atom. The molecule has 4 heterocycles. The van der Waals surface area contributed by atoms with E-state index in [1.54, 1.807) is 21.8 Å². The summed E-state index contributed by atoms with van der Waals surface area (Å²) in [7, 11) is 1.83. The van der Waals surface area contributed by atoms with Gasteiger partial charge in [0, 0.05) is 41.8 Å². The summed E-state index contributed by atoms with van der Waals surface area (Å²) in [6, 6.07) is 4.15. The SMILES string of the molecule is Cn1cc2c(n1)c(=O)n(Cc1cnc[nH]1)c1nc(C3CC3)ccc21. The number of aromatic amines is 1. The van der Waals surface area contributed by atoms with Gasteiger partial charge in [0.1, 0.15) is 5.65 Å².